The van der Waals surface area contributed by atoms with Crippen molar-refractivity contribution < 1.29 is 28.6 Å². The molecule has 1 N–H and O–H groups in total. The molecule has 0 radical (unpaired) electrons. The lowest BCUT2D eigenvalue weighted by atomic mass is 9.97. The fourth-order valence-corrected chi connectivity index (χ4v) is 4.49. The van der Waals surface area contributed by atoms with Crippen molar-refractivity contribution in [1.29, 1.82) is 0 Å². The van der Waals surface area contributed by atoms with E-state index in [2.05, 4.69) is 5.32 Å². The van der Waals surface area contributed by atoms with Crippen LogP contribution in [0, 0.1) is 0 Å². The van der Waals surface area contributed by atoms with Crippen LogP contribution in [0.5, 0.6) is 0 Å². The third kappa shape index (κ3) is 4.00. The number of amides is 2. The average Bonchev–Trinajstić information content (AvgIpc) is 3.05. The average molecular weight is 398 g/mol. The molecule has 2 amide bonds. The Morgan fingerprint density at radius 2 is 2.11 bits per heavy atom. The van der Waals surface area contributed by atoms with Crippen molar-refractivity contribution in [3.63, 3.8) is 0 Å². The van der Waals surface area contributed by atoms with Crippen molar-refractivity contribution in [3.8, 4) is 0 Å². The van der Waals surface area contributed by atoms with Gasteiger partial charge in [0.25, 0.3) is 0 Å². The van der Waals surface area contributed by atoms with Crippen LogP contribution < -0.4 is 5.32 Å². The van der Waals surface area contributed by atoms with E-state index in [0.29, 0.717) is 12.2 Å². The number of esters is 1. The Balaban J connectivity index is 1.87. The van der Waals surface area contributed by atoms with Gasteiger partial charge in [0.15, 0.2) is 12.3 Å². The Kier molecular flexibility index (Phi) is 5.56. The third-order valence-electron chi connectivity index (χ3n) is 4.48. The van der Waals surface area contributed by atoms with Gasteiger partial charge >= 0.3 is 5.97 Å². The van der Waals surface area contributed by atoms with E-state index in [1.807, 2.05) is 6.92 Å². The molecule has 0 bridgehead atoms. The highest BCUT2D eigenvalue weighted by molar-refractivity contribution is 8.02. The summed E-state index contributed by atoms with van der Waals surface area (Å²) >= 11 is 1.37. The lowest BCUT2D eigenvalue weighted by Crippen LogP contribution is -2.74. The molecule has 2 fully saturated rings. The Labute approximate surface area is 162 Å². The van der Waals surface area contributed by atoms with Gasteiger partial charge in [-0.15, -0.1) is 11.8 Å². The summed E-state index contributed by atoms with van der Waals surface area (Å²) in [7, 11) is 0. The second kappa shape index (κ2) is 7.44. The van der Waals surface area contributed by atoms with E-state index in [9.17, 15) is 14.4 Å². The van der Waals surface area contributed by atoms with Crippen LogP contribution in [0.2, 0.25) is 0 Å². The summed E-state index contributed by atoms with van der Waals surface area (Å²) in [5.74, 6) is -1.12. The molecule has 27 heavy (non-hydrogen) atoms. The normalized spacial score (nSPS) is 33.1. The zero-order valence-corrected chi connectivity index (χ0v) is 17.0. The Morgan fingerprint density at radius 3 is 2.67 bits per heavy atom. The Bertz CT molecular complexity index is 673. The molecule has 0 saturated carbocycles. The van der Waals surface area contributed by atoms with E-state index in [1.165, 1.54) is 23.6 Å². The molecule has 0 spiro atoms. The molecule has 0 aliphatic carbocycles. The van der Waals surface area contributed by atoms with Crippen LogP contribution in [0.4, 0.5) is 0 Å². The third-order valence-corrected chi connectivity index (χ3v) is 5.67. The maximum absolute atomic E-state index is 12.9. The van der Waals surface area contributed by atoms with Gasteiger partial charge in [-0.2, -0.15) is 0 Å². The molecule has 3 aliphatic heterocycles. The Morgan fingerprint density at radius 1 is 1.41 bits per heavy atom. The second-order valence-corrected chi connectivity index (χ2v) is 8.83. The van der Waals surface area contributed by atoms with Crippen LogP contribution in [0.15, 0.2) is 11.0 Å². The van der Waals surface area contributed by atoms with Gasteiger partial charge in [-0.3, -0.25) is 9.59 Å². The van der Waals surface area contributed by atoms with Gasteiger partial charge in [-0.25, -0.2) is 4.79 Å². The van der Waals surface area contributed by atoms with Gasteiger partial charge in [-0.1, -0.05) is 6.92 Å². The van der Waals surface area contributed by atoms with E-state index >= 15 is 0 Å². The fourth-order valence-electron chi connectivity index (χ4n) is 3.26. The van der Waals surface area contributed by atoms with Crippen molar-refractivity contribution in [2.45, 2.75) is 76.5 Å². The van der Waals surface area contributed by atoms with E-state index in [1.54, 1.807) is 26.2 Å². The minimum atomic E-state index is -0.923. The minimum Gasteiger partial charge on any atom is -0.458 e. The first-order chi connectivity index (χ1) is 12.6. The number of β-lactam (4-membered cyclic amide) rings is 1. The SMILES string of the molecule is CCC1COC(C2=CS[C@H]3C(NC(C)=O)C(=O)N3C2C(=O)OC(C)(C)C)O1. The van der Waals surface area contributed by atoms with Crippen molar-refractivity contribution in [2.24, 2.45) is 0 Å². The maximum atomic E-state index is 12.9. The molecule has 0 aromatic rings. The number of fused-ring (bicyclic) bond motifs is 1. The molecule has 8 nitrogen and oxygen atoms in total. The van der Waals surface area contributed by atoms with E-state index in [0.717, 1.165) is 6.42 Å². The van der Waals surface area contributed by atoms with Crippen molar-refractivity contribution in [2.75, 3.05) is 6.61 Å². The van der Waals surface area contributed by atoms with E-state index < -0.39 is 29.9 Å². The quantitative estimate of drug-likeness (QED) is 0.561. The number of carbonyl (C=O) groups excluding carboxylic acids is 3. The summed E-state index contributed by atoms with van der Waals surface area (Å²) in [5.41, 5.74) is -0.132. The zero-order chi connectivity index (χ0) is 19.9. The maximum Gasteiger partial charge on any atom is 0.334 e. The van der Waals surface area contributed by atoms with Crippen LogP contribution >= 0.6 is 11.8 Å². The second-order valence-electron chi connectivity index (χ2n) is 7.84. The van der Waals surface area contributed by atoms with Crippen molar-refractivity contribution in [1.82, 2.24) is 10.2 Å². The lowest BCUT2D eigenvalue weighted by molar-refractivity contribution is -0.172. The number of thioether (sulfide) groups is 1. The van der Waals surface area contributed by atoms with Gasteiger partial charge in [0.2, 0.25) is 11.8 Å². The van der Waals surface area contributed by atoms with E-state index in [-0.39, 0.29) is 23.3 Å². The summed E-state index contributed by atoms with van der Waals surface area (Å²) < 4.78 is 17.2. The lowest BCUT2D eigenvalue weighted by Gasteiger charge is -2.52. The number of carbonyl (C=O) groups is 3. The number of rotatable bonds is 4. The molecule has 3 aliphatic rings. The highest BCUT2D eigenvalue weighted by Crippen LogP contribution is 2.43. The first-order valence-electron chi connectivity index (χ1n) is 9.07. The van der Waals surface area contributed by atoms with Crippen LogP contribution in [-0.4, -0.2) is 64.7 Å². The summed E-state index contributed by atoms with van der Waals surface area (Å²) in [4.78, 5) is 38.4. The largest absolute Gasteiger partial charge is 0.458 e. The summed E-state index contributed by atoms with van der Waals surface area (Å²) in [6.07, 6.45) is 0.0647. The highest BCUT2D eigenvalue weighted by Gasteiger charge is 2.57. The van der Waals surface area contributed by atoms with Crippen LogP contribution in [0.3, 0.4) is 0 Å². The number of hydrogen-bond acceptors (Lipinski definition) is 7. The highest BCUT2D eigenvalue weighted by atomic mass is 32.2. The van der Waals surface area contributed by atoms with Gasteiger partial charge in [0, 0.05) is 12.5 Å². The molecule has 5 atom stereocenters. The zero-order valence-electron chi connectivity index (χ0n) is 16.2. The minimum absolute atomic E-state index is 0.0443. The number of hydrogen-bond donors (Lipinski definition) is 1. The predicted molar refractivity (Wildman–Crippen MR) is 98.4 cm³/mol. The molecule has 2 saturated heterocycles. The van der Waals surface area contributed by atoms with Crippen LogP contribution in [0.25, 0.3) is 0 Å². The molecule has 0 aromatic carbocycles. The molecule has 3 heterocycles. The molecule has 9 heteroatoms. The molecule has 150 valence electrons. The first-order valence-corrected chi connectivity index (χ1v) is 10.0. The molecular weight excluding hydrogens is 372 g/mol. The molecule has 3 rings (SSSR count). The summed E-state index contributed by atoms with van der Waals surface area (Å²) in [6, 6.07) is -1.57. The fraction of sp³-hybridized carbons (Fsp3) is 0.722. The van der Waals surface area contributed by atoms with Crippen LogP contribution in [-0.2, 0) is 28.6 Å². The van der Waals surface area contributed by atoms with Gasteiger partial charge < -0.3 is 24.4 Å². The van der Waals surface area contributed by atoms with Gasteiger partial charge in [-0.05, 0) is 32.6 Å². The van der Waals surface area contributed by atoms with Gasteiger partial charge in [0.05, 0.1) is 12.7 Å². The number of nitrogens with zero attached hydrogens (tertiary/aromatic N) is 1. The number of nitrogens with one attached hydrogen (secondary N) is 1. The van der Waals surface area contributed by atoms with E-state index in [4.69, 9.17) is 14.2 Å². The summed E-state index contributed by atoms with van der Waals surface area (Å²) in [6.45, 7) is 9.13. The van der Waals surface area contributed by atoms with Gasteiger partial charge in [0.1, 0.15) is 17.0 Å². The van der Waals surface area contributed by atoms with Crippen LogP contribution in [0.1, 0.15) is 41.0 Å². The molecular formula is C18H26N2O6S. The summed E-state index contributed by atoms with van der Waals surface area (Å²) in [5, 5.41) is 4.09. The topological polar surface area (TPSA) is 94.2 Å². The molecule has 0 aromatic heterocycles. The smallest absolute Gasteiger partial charge is 0.334 e. The standard InChI is InChI=1S/C18H26N2O6S/c1-6-10-7-24-17(25-10)11-8-27-15-12(19-9(2)21)14(22)20(15)13(11)16(23)26-18(3,4)5/h8,10,12-13,15,17H,6-7H2,1-5H3,(H,19,21)/t10?,12?,13?,15-,17?/m0/s1. The Hall–Kier alpha value is -1.58. The van der Waals surface area contributed by atoms with Crippen molar-refractivity contribution in [3.05, 3.63) is 11.0 Å². The predicted octanol–water partition coefficient (Wildman–Crippen LogP) is 1.15. The first kappa shape index (κ1) is 20.2. The monoisotopic (exact) mass is 398 g/mol. The number of ether oxygens (including phenoxy) is 3. The van der Waals surface area contributed by atoms with Crippen molar-refractivity contribution >= 4 is 29.5 Å². The molecule has 4 unspecified atom stereocenters.